The molecule has 0 saturated heterocycles. The third-order valence-electron chi connectivity index (χ3n) is 2.84. The summed E-state index contributed by atoms with van der Waals surface area (Å²) in [6.45, 7) is 2.05. The summed E-state index contributed by atoms with van der Waals surface area (Å²) in [6.07, 6.45) is 3.23. The van der Waals surface area contributed by atoms with Crippen LogP contribution in [0.15, 0.2) is 42.5 Å². The van der Waals surface area contributed by atoms with Crippen LogP contribution >= 0.6 is 0 Å². The van der Waals surface area contributed by atoms with Gasteiger partial charge in [-0.3, -0.25) is 0 Å². The summed E-state index contributed by atoms with van der Waals surface area (Å²) in [5.41, 5.74) is 2.21. The van der Waals surface area contributed by atoms with Crippen LogP contribution in [0.4, 0.5) is 0 Å². The zero-order chi connectivity index (χ0) is 12.3. The van der Waals surface area contributed by atoms with Crippen LogP contribution in [0.1, 0.15) is 11.1 Å². The maximum Gasteiger partial charge on any atom is 0.330 e. The number of esters is 1. The van der Waals surface area contributed by atoms with Crippen LogP contribution in [-0.2, 0) is 9.53 Å². The molecule has 0 radical (unpaired) electrons. The normalized spacial score (nSPS) is 10.9. The fourth-order valence-corrected chi connectivity index (χ4v) is 1.85. The molecular formula is C15H14O2. The molecule has 2 heteroatoms. The van der Waals surface area contributed by atoms with E-state index in [1.54, 1.807) is 6.08 Å². The molecule has 86 valence electrons. The molecule has 0 unspecified atom stereocenters. The van der Waals surface area contributed by atoms with Crippen molar-refractivity contribution in [2.24, 2.45) is 0 Å². The van der Waals surface area contributed by atoms with Crippen molar-refractivity contribution in [1.29, 1.82) is 0 Å². The highest BCUT2D eigenvalue weighted by Gasteiger charge is 2.01. The summed E-state index contributed by atoms with van der Waals surface area (Å²) in [5.74, 6) is -0.336. The van der Waals surface area contributed by atoms with E-state index >= 15 is 0 Å². The first-order valence-electron chi connectivity index (χ1n) is 5.47. The lowest BCUT2D eigenvalue weighted by Gasteiger charge is -2.05. The van der Waals surface area contributed by atoms with Crippen LogP contribution in [0.3, 0.4) is 0 Å². The minimum absolute atomic E-state index is 0.336. The van der Waals surface area contributed by atoms with Crippen LogP contribution in [0.5, 0.6) is 0 Å². The number of fused-ring (bicyclic) bond motifs is 1. The van der Waals surface area contributed by atoms with Crippen molar-refractivity contribution < 1.29 is 9.53 Å². The molecule has 17 heavy (non-hydrogen) atoms. The molecule has 0 N–H and O–H groups in total. The van der Waals surface area contributed by atoms with Crippen LogP contribution in [0.2, 0.25) is 0 Å². The number of ether oxygens (including phenoxy) is 1. The molecule has 0 heterocycles. The first-order valence-corrected chi connectivity index (χ1v) is 5.47. The molecule has 0 saturated carbocycles. The minimum atomic E-state index is -0.336. The Kier molecular flexibility index (Phi) is 3.24. The Hall–Kier alpha value is -2.09. The minimum Gasteiger partial charge on any atom is -0.466 e. The highest BCUT2D eigenvalue weighted by atomic mass is 16.5. The van der Waals surface area contributed by atoms with E-state index in [2.05, 4.69) is 29.9 Å². The van der Waals surface area contributed by atoms with Crippen LogP contribution in [0.25, 0.3) is 16.8 Å². The zero-order valence-electron chi connectivity index (χ0n) is 9.94. The second-order valence-corrected chi connectivity index (χ2v) is 3.86. The van der Waals surface area contributed by atoms with E-state index in [1.807, 2.05) is 18.2 Å². The van der Waals surface area contributed by atoms with Crippen LogP contribution < -0.4 is 0 Å². The van der Waals surface area contributed by atoms with Gasteiger partial charge in [-0.1, -0.05) is 36.4 Å². The topological polar surface area (TPSA) is 26.3 Å². The number of carbonyl (C=O) groups is 1. The number of carbonyl (C=O) groups excluding carboxylic acids is 1. The predicted molar refractivity (Wildman–Crippen MR) is 69.7 cm³/mol. The molecule has 0 fully saturated rings. The summed E-state index contributed by atoms with van der Waals surface area (Å²) in [4.78, 5) is 11.1. The SMILES string of the molecule is COC(=O)/C=C/c1ccc2ccccc2c1C. The first-order chi connectivity index (χ1) is 8.22. The zero-order valence-corrected chi connectivity index (χ0v) is 9.94. The van der Waals surface area contributed by atoms with Crippen molar-refractivity contribution in [2.75, 3.05) is 7.11 Å². The Morgan fingerprint density at radius 3 is 2.71 bits per heavy atom. The number of benzene rings is 2. The number of aryl methyl sites for hydroxylation is 1. The van der Waals surface area contributed by atoms with Crippen molar-refractivity contribution in [3.05, 3.63) is 53.6 Å². The Morgan fingerprint density at radius 2 is 1.94 bits per heavy atom. The van der Waals surface area contributed by atoms with Crippen molar-refractivity contribution >= 4 is 22.8 Å². The van der Waals surface area contributed by atoms with E-state index in [0.717, 1.165) is 5.56 Å². The Bertz CT molecular complexity index is 582. The second kappa shape index (κ2) is 4.83. The molecule has 0 atom stereocenters. The highest BCUT2D eigenvalue weighted by molar-refractivity contribution is 5.91. The molecule has 0 bridgehead atoms. The predicted octanol–water partition coefficient (Wildman–Crippen LogP) is 3.33. The molecule has 0 aliphatic heterocycles. The molecule has 0 aromatic heterocycles. The van der Waals surface area contributed by atoms with Gasteiger partial charge in [0.15, 0.2) is 0 Å². The van der Waals surface area contributed by atoms with Crippen molar-refractivity contribution in [3.8, 4) is 0 Å². The first kappa shape index (κ1) is 11.4. The lowest BCUT2D eigenvalue weighted by Crippen LogP contribution is -1.93. The molecule has 0 aliphatic rings. The van der Waals surface area contributed by atoms with Gasteiger partial charge in [0.1, 0.15) is 0 Å². The third-order valence-corrected chi connectivity index (χ3v) is 2.84. The molecule has 0 spiro atoms. The average Bonchev–Trinajstić information content (AvgIpc) is 2.38. The van der Waals surface area contributed by atoms with Crippen molar-refractivity contribution in [1.82, 2.24) is 0 Å². The Labute approximate surface area is 101 Å². The molecule has 2 rings (SSSR count). The summed E-state index contributed by atoms with van der Waals surface area (Å²) in [6, 6.07) is 12.3. The lowest BCUT2D eigenvalue weighted by atomic mass is 10.00. The maximum atomic E-state index is 11.1. The smallest absolute Gasteiger partial charge is 0.330 e. The fraction of sp³-hybridized carbons (Fsp3) is 0.133. The van der Waals surface area contributed by atoms with Gasteiger partial charge in [0, 0.05) is 6.08 Å². The molecule has 2 aromatic carbocycles. The Morgan fingerprint density at radius 1 is 1.18 bits per heavy atom. The van der Waals surface area contributed by atoms with E-state index in [4.69, 9.17) is 0 Å². The average molecular weight is 226 g/mol. The van der Waals surface area contributed by atoms with Gasteiger partial charge in [0.05, 0.1) is 7.11 Å². The number of hydrogen-bond acceptors (Lipinski definition) is 2. The quantitative estimate of drug-likeness (QED) is 0.580. The molecule has 0 amide bonds. The summed E-state index contributed by atoms with van der Waals surface area (Å²) < 4.78 is 4.57. The van der Waals surface area contributed by atoms with E-state index < -0.39 is 0 Å². The van der Waals surface area contributed by atoms with Gasteiger partial charge in [-0.2, -0.15) is 0 Å². The van der Waals surface area contributed by atoms with Crippen LogP contribution in [0, 0.1) is 6.92 Å². The van der Waals surface area contributed by atoms with E-state index in [0.29, 0.717) is 0 Å². The van der Waals surface area contributed by atoms with Gasteiger partial charge in [0.25, 0.3) is 0 Å². The summed E-state index contributed by atoms with van der Waals surface area (Å²) >= 11 is 0. The molecular weight excluding hydrogens is 212 g/mol. The van der Waals surface area contributed by atoms with Gasteiger partial charge >= 0.3 is 5.97 Å². The van der Waals surface area contributed by atoms with E-state index in [-0.39, 0.29) is 5.97 Å². The monoisotopic (exact) mass is 226 g/mol. The van der Waals surface area contributed by atoms with Gasteiger partial charge in [0.2, 0.25) is 0 Å². The number of rotatable bonds is 2. The van der Waals surface area contributed by atoms with Crippen molar-refractivity contribution in [3.63, 3.8) is 0 Å². The van der Waals surface area contributed by atoms with Gasteiger partial charge in [-0.05, 0) is 34.9 Å². The summed E-state index contributed by atoms with van der Waals surface area (Å²) in [7, 11) is 1.37. The maximum absolute atomic E-state index is 11.1. The van der Waals surface area contributed by atoms with Crippen molar-refractivity contribution in [2.45, 2.75) is 6.92 Å². The Balaban J connectivity index is 2.46. The second-order valence-electron chi connectivity index (χ2n) is 3.86. The van der Waals surface area contributed by atoms with Gasteiger partial charge < -0.3 is 4.74 Å². The lowest BCUT2D eigenvalue weighted by molar-refractivity contribution is -0.134. The third kappa shape index (κ3) is 2.36. The van der Waals surface area contributed by atoms with Gasteiger partial charge in [-0.25, -0.2) is 4.79 Å². The highest BCUT2D eigenvalue weighted by Crippen LogP contribution is 2.22. The van der Waals surface area contributed by atoms with Gasteiger partial charge in [-0.15, -0.1) is 0 Å². The van der Waals surface area contributed by atoms with E-state index in [9.17, 15) is 4.79 Å². The molecule has 2 aromatic rings. The standard InChI is InChI=1S/C15H14O2/c1-11-12(9-10-15(16)17-2)7-8-13-5-3-4-6-14(11)13/h3-10H,1-2H3/b10-9+. The van der Waals surface area contributed by atoms with E-state index in [1.165, 1.54) is 29.5 Å². The fourth-order valence-electron chi connectivity index (χ4n) is 1.85. The van der Waals surface area contributed by atoms with Crippen LogP contribution in [-0.4, -0.2) is 13.1 Å². The molecule has 2 nitrogen and oxygen atoms in total. The number of hydrogen-bond donors (Lipinski definition) is 0. The number of methoxy groups -OCH3 is 1. The summed E-state index contributed by atoms with van der Waals surface area (Å²) in [5, 5.41) is 2.42. The largest absolute Gasteiger partial charge is 0.466 e. The molecule has 0 aliphatic carbocycles.